The van der Waals surface area contributed by atoms with E-state index in [1.807, 2.05) is 0 Å². The molecule has 0 saturated heterocycles. The number of nitrogens with one attached hydrogen (secondary N) is 1. The Labute approximate surface area is 114 Å². The highest BCUT2D eigenvalue weighted by molar-refractivity contribution is 5.47. The largest absolute Gasteiger partial charge is 0.474 e. The monoisotopic (exact) mass is 264 g/mol. The smallest absolute Gasteiger partial charge is 0.222 e. The summed E-state index contributed by atoms with van der Waals surface area (Å²) in [6.45, 7) is 6.69. The van der Waals surface area contributed by atoms with Gasteiger partial charge in [0, 0.05) is 0 Å². The number of anilines is 1. The predicted octanol–water partition coefficient (Wildman–Crippen LogP) is 2.67. The molecule has 0 atom stereocenters. The predicted molar refractivity (Wildman–Crippen MR) is 75.9 cm³/mol. The van der Waals surface area contributed by atoms with Gasteiger partial charge in [0.1, 0.15) is 18.2 Å². The molecule has 1 aliphatic carbocycles. The lowest BCUT2D eigenvalue weighted by atomic mass is 9.76. The number of hydrogen-bond acceptors (Lipinski definition) is 5. The number of nitrogens with zero attached hydrogens (tertiary/aromatic N) is 2. The zero-order chi connectivity index (χ0) is 13.9. The molecule has 5 heteroatoms. The molecule has 1 fully saturated rings. The van der Waals surface area contributed by atoms with Gasteiger partial charge in [-0.25, -0.2) is 15.8 Å². The quantitative estimate of drug-likeness (QED) is 0.646. The van der Waals surface area contributed by atoms with Gasteiger partial charge in [-0.1, -0.05) is 20.8 Å². The fourth-order valence-electron chi connectivity index (χ4n) is 2.59. The van der Waals surface area contributed by atoms with Crippen LogP contribution in [0.15, 0.2) is 6.33 Å². The van der Waals surface area contributed by atoms with E-state index in [0.717, 1.165) is 24.8 Å². The van der Waals surface area contributed by atoms with Crippen molar-refractivity contribution in [1.29, 1.82) is 0 Å². The van der Waals surface area contributed by atoms with Gasteiger partial charge in [0.15, 0.2) is 0 Å². The van der Waals surface area contributed by atoms with E-state index < -0.39 is 0 Å². The molecule has 0 bridgehead atoms. The maximum absolute atomic E-state index is 6.07. The van der Waals surface area contributed by atoms with Crippen molar-refractivity contribution in [2.75, 3.05) is 5.43 Å². The van der Waals surface area contributed by atoms with Crippen LogP contribution in [0.1, 0.15) is 52.0 Å². The number of hydrogen-bond donors (Lipinski definition) is 2. The maximum atomic E-state index is 6.07. The molecule has 2 rings (SSSR count). The highest BCUT2D eigenvalue weighted by atomic mass is 16.5. The second-order valence-corrected chi connectivity index (χ2v) is 5.99. The first kappa shape index (κ1) is 14.1. The van der Waals surface area contributed by atoms with Crippen molar-refractivity contribution >= 4 is 5.82 Å². The summed E-state index contributed by atoms with van der Waals surface area (Å²) in [5.74, 6) is 6.80. The number of rotatable bonds is 4. The van der Waals surface area contributed by atoms with Crippen molar-refractivity contribution in [3.8, 4) is 5.88 Å². The van der Waals surface area contributed by atoms with Gasteiger partial charge in [-0.2, -0.15) is 0 Å². The van der Waals surface area contributed by atoms with Gasteiger partial charge in [0.25, 0.3) is 0 Å². The van der Waals surface area contributed by atoms with E-state index in [-0.39, 0.29) is 6.10 Å². The molecule has 1 saturated carbocycles. The van der Waals surface area contributed by atoms with Crippen molar-refractivity contribution in [1.82, 2.24) is 9.97 Å². The van der Waals surface area contributed by atoms with E-state index in [0.29, 0.717) is 17.1 Å². The maximum Gasteiger partial charge on any atom is 0.222 e. The van der Waals surface area contributed by atoms with E-state index in [9.17, 15) is 0 Å². The second kappa shape index (κ2) is 5.74. The molecule has 1 heterocycles. The van der Waals surface area contributed by atoms with Gasteiger partial charge < -0.3 is 10.2 Å². The summed E-state index contributed by atoms with van der Waals surface area (Å²) in [4.78, 5) is 8.38. The molecule has 5 nitrogen and oxygen atoms in total. The molecule has 0 aromatic carbocycles. The van der Waals surface area contributed by atoms with Gasteiger partial charge >= 0.3 is 0 Å². The average molecular weight is 264 g/mol. The Bertz CT molecular complexity index is 423. The first-order chi connectivity index (χ1) is 9.05. The van der Waals surface area contributed by atoms with Gasteiger partial charge in [-0.05, 0) is 37.5 Å². The molecule has 0 spiro atoms. The minimum Gasteiger partial charge on any atom is -0.474 e. The van der Waals surface area contributed by atoms with Crippen LogP contribution in [0.4, 0.5) is 5.82 Å². The summed E-state index contributed by atoms with van der Waals surface area (Å²) in [7, 11) is 0. The zero-order valence-electron chi connectivity index (χ0n) is 12.1. The molecular formula is C14H24N4O. The molecule has 1 aromatic heterocycles. The minimum atomic E-state index is 0.263. The Hall–Kier alpha value is -1.36. The van der Waals surface area contributed by atoms with Crippen molar-refractivity contribution in [3.63, 3.8) is 0 Å². The lowest BCUT2D eigenvalue weighted by molar-refractivity contribution is 0.0939. The topological polar surface area (TPSA) is 73.1 Å². The van der Waals surface area contributed by atoms with E-state index >= 15 is 0 Å². The number of nitrogens with two attached hydrogens (primary N) is 1. The molecule has 106 valence electrons. The van der Waals surface area contributed by atoms with E-state index in [4.69, 9.17) is 10.6 Å². The van der Waals surface area contributed by atoms with Crippen LogP contribution in [0.25, 0.3) is 0 Å². The Morgan fingerprint density at radius 3 is 2.63 bits per heavy atom. The molecule has 3 N–H and O–H groups in total. The average Bonchev–Trinajstić information content (AvgIpc) is 2.40. The van der Waals surface area contributed by atoms with Crippen LogP contribution >= 0.6 is 0 Å². The summed E-state index contributed by atoms with van der Waals surface area (Å²) in [6, 6.07) is 0. The number of hydrazine groups is 1. The van der Waals surface area contributed by atoms with Crippen LogP contribution in [0.2, 0.25) is 0 Å². The molecule has 0 amide bonds. The van der Waals surface area contributed by atoms with Crippen LogP contribution in [0.3, 0.4) is 0 Å². The summed E-state index contributed by atoms with van der Waals surface area (Å²) < 4.78 is 6.07. The first-order valence-corrected chi connectivity index (χ1v) is 7.03. The standard InChI is InChI=1S/C14H24N4O/c1-4-11-12(18-15)16-9-17-13(11)19-10-5-7-14(2,3)8-6-10/h9-10H,4-8,15H2,1-3H3,(H,16,17,18). The lowest BCUT2D eigenvalue weighted by Gasteiger charge is -2.34. The van der Waals surface area contributed by atoms with Crippen molar-refractivity contribution < 1.29 is 4.74 Å². The molecule has 19 heavy (non-hydrogen) atoms. The third-order valence-corrected chi connectivity index (χ3v) is 3.96. The second-order valence-electron chi connectivity index (χ2n) is 5.99. The Morgan fingerprint density at radius 1 is 1.37 bits per heavy atom. The molecule has 0 unspecified atom stereocenters. The van der Waals surface area contributed by atoms with Crippen LogP contribution in [0.5, 0.6) is 5.88 Å². The highest BCUT2D eigenvalue weighted by Gasteiger charge is 2.28. The lowest BCUT2D eigenvalue weighted by Crippen LogP contribution is -2.29. The zero-order valence-corrected chi connectivity index (χ0v) is 12.1. The Balaban J connectivity index is 2.07. The van der Waals surface area contributed by atoms with E-state index in [1.54, 1.807) is 0 Å². The minimum absolute atomic E-state index is 0.263. The van der Waals surface area contributed by atoms with Crippen LogP contribution in [-0.2, 0) is 6.42 Å². The van der Waals surface area contributed by atoms with Gasteiger partial charge in [0.05, 0.1) is 5.56 Å². The Kier molecular flexibility index (Phi) is 4.24. The van der Waals surface area contributed by atoms with Crippen molar-refractivity contribution in [2.45, 2.75) is 59.0 Å². The first-order valence-electron chi connectivity index (χ1n) is 7.03. The highest BCUT2D eigenvalue weighted by Crippen LogP contribution is 2.37. The third-order valence-electron chi connectivity index (χ3n) is 3.96. The SMILES string of the molecule is CCc1c(NN)ncnc1OC1CCC(C)(C)CC1. The molecule has 0 aliphatic heterocycles. The van der Waals surface area contributed by atoms with Gasteiger partial charge in [0.2, 0.25) is 5.88 Å². The molecule has 1 aliphatic rings. The van der Waals surface area contributed by atoms with Crippen LogP contribution in [-0.4, -0.2) is 16.1 Å². The third kappa shape index (κ3) is 3.35. The number of aromatic nitrogens is 2. The fraction of sp³-hybridized carbons (Fsp3) is 0.714. The van der Waals surface area contributed by atoms with Crippen LogP contribution in [0, 0.1) is 5.41 Å². The summed E-state index contributed by atoms with van der Waals surface area (Å²) in [5, 5.41) is 0. The summed E-state index contributed by atoms with van der Waals surface area (Å²) in [5.41, 5.74) is 4.01. The van der Waals surface area contributed by atoms with Crippen LogP contribution < -0.4 is 16.0 Å². The molecular weight excluding hydrogens is 240 g/mol. The summed E-state index contributed by atoms with van der Waals surface area (Å²) >= 11 is 0. The fourth-order valence-corrected chi connectivity index (χ4v) is 2.59. The molecule has 1 aromatic rings. The van der Waals surface area contributed by atoms with E-state index in [2.05, 4.69) is 36.2 Å². The number of ether oxygens (including phenoxy) is 1. The van der Waals surface area contributed by atoms with Gasteiger partial charge in [-0.3, -0.25) is 0 Å². The van der Waals surface area contributed by atoms with Gasteiger partial charge in [-0.15, -0.1) is 0 Å². The Morgan fingerprint density at radius 2 is 2.05 bits per heavy atom. The van der Waals surface area contributed by atoms with Crippen molar-refractivity contribution in [2.24, 2.45) is 11.3 Å². The summed E-state index contributed by atoms with van der Waals surface area (Å²) in [6.07, 6.45) is 7.14. The van der Waals surface area contributed by atoms with Crippen molar-refractivity contribution in [3.05, 3.63) is 11.9 Å². The van der Waals surface area contributed by atoms with E-state index in [1.165, 1.54) is 19.2 Å². The number of nitrogen functional groups attached to an aromatic ring is 1. The molecule has 0 radical (unpaired) electrons. The normalized spacial score (nSPS) is 19.2.